The van der Waals surface area contributed by atoms with Crippen molar-refractivity contribution < 1.29 is 4.79 Å². The van der Waals surface area contributed by atoms with Crippen LogP contribution in [0.25, 0.3) is 10.9 Å². The smallest absolute Gasteiger partial charge is 0.256 e. The SMILES string of the molecule is CN(Cc1csc(Br)c1)C(=O)c1cccc2cn[nH]c12. The van der Waals surface area contributed by atoms with Crippen molar-refractivity contribution in [1.29, 1.82) is 0 Å². The Labute approximate surface area is 128 Å². The monoisotopic (exact) mass is 349 g/mol. The summed E-state index contributed by atoms with van der Waals surface area (Å²) in [5.74, 6) is -0.0119. The molecule has 1 N–H and O–H groups in total. The van der Waals surface area contributed by atoms with Crippen LogP contribution in [0.4, 0.5) is 0 Å². The lowest BCUT2D eigenvalue weighted by Crippen LogP contribution is -2.26. The van der Waals surface area contributed by atoms with E-state index < -0.39 is 0 Å². The molecule has 102 valence electrons. The van der Waals surface area contributed by atoms with Gasteiger partial charge in [-0.2, -0.15) is 5.10 Å². The zero-order valence-corrected chi connectivity index (χ0v) is 13.2. The van der Waals surface area contributed by atoms with Crippen LogP contribution in [0.2, 0.25) is 0 Å². The molecule has 0 saturated heterocycles. The number of rotatable bonds is 3. The fourth-order valence-corrected chi connectivity index (χ4v) is 3.33. The van der Waals surface area contributed by atoms with E-state index in [4.69, 9.17) is 0 Å². The van der Waals surface area contributed by atoms with Crippen molar-refractivity contribution >= 4 is 44.1 Å². The molecule has 0 atom stereocenters. The van der Waals surface area contributed by atoms with Gasteiger partial charge in [-0.1, -0.05) is 12.1 Å². The third-order valence-electron chi connectivity index (χ3n) is 3.10. The van der Waals surface area contributed by atoms with E-state index in [2.05, 4.69) is 26.1 Å². The van der Waals surface area contributed by atoms with Gasteiger partial charge in [-0.05, 0) is 39.0 Å². The number of fused-ring (bicyclic) bond motifs is 1. The van der Waals surface area contributed by atoms with Crippen LogP contribution in [0.15, 0.2) is 39.6 Å². The predicted octanol–water partition coefficient (Wildman–Crippen LogP) is 3.66. The van der Waals surface area contributed by atoms with Gasteiger partial charge in [-0.25, -0.2) is 0 Å². The summed E-state index contributed by atoms with van der Waals surface area (Å²) in [7, 11) is 1.81. The molecule has 2 heterocycles. The number of hydrogen-bond donors (Lipinski definition) is 1. The fraction of sp³-hybridized carbons (Fsp3) is 0.143. The molecule has 0 aliphatic heterocycles. The number of nitrogens with zero attached hydrogens (tertiary/aromatic N) is 2. The van der Waals surface area contributed by atoms with Gasteiger partial charge in [0.05, 0.1) is 21.1 Å². The van der Waals surface area contributed by atoms with E-state index in [1.54, 1.807) is 22.4 Å². The Bertz CT molecular complexity index is 764. The first kappa shape index (κ1) is 13.3. The lowest BCUT2D eigenvalue weighted by Gasteiger charge is -2.16. The topological polar surface area (TPSA) is 49.0 Å². The van der Waals surface area contributed by atoms with E-state index in [0.29, 0.717) is 12.1 Å². The van der Waals surface area contributed by atoms with Gasteiger partial charge in [0, 0.05) is 19.0 Å². The zero-order chi connectivity index (χ0) is 14.1. The van der Waals surface area contributed by atoms with Crippen LogP contribution in [0.1, 0.15) is 15.9 Å². The minimum absolute atomic E-state index is 0.0119. The van der Waals surface area contributed by atoms with Crippen LogP contribution in [0.5, 0.6) is 0 Å². The first-order chi connectivity index (χ1) is 9.65. The van der Waals surface area contributed by atoms with Gasteiger partial charge in [-0.15, -0.1) is 11.3 Å². The molecule has 4 nitrogen and oxygen atoms in total. The fourth-order valence-electron chi connectivity index (χ4n) is 2.13. The Kier molecular flexibility index (Phi) is 3.58. The molecule has 0 spiro atoms. The molecule has 6 heteroatoms. The first-order valence-corrected chi connectivity index (χ1v) is 7.73. The van der Waals surface area contributed by atoms with Gasteiger partial charge in [0.25, 0.3) is 5.91 Å². The number of para-hydroxylation sites is 1. The molecule has 0 unspecified atom stereocenters. The van der Waals surface area contributed by atoms with E-state index in [-0.39, 0.29) is 5.91 Å². The summed E-state index contributed by atoms with van der Waals surface area (Å²) in [6.45, 7) is 0.589. The molecule has 1 aromatic carbocycles. The number of H-pyrrole nitrogens is 1. The molecule has 0 fully saturated rings. The number of aromatic amines is 1. The number of benzene rings is 1. The number of halogens is 1. The van der Waals surface area contributed by atoms with Crippen molar-refractivity contribution in [3.63, 3.8) is 0 Å². The van der Waals surface area contributed by atoms with E-state index in [9.17, 15) is 4.79 Å². The maximum Gasteiger partial charge on any atom is 0.256 e. The van der Waals surface area contributed by atoms with Gasteiger partial charge >= 0.3 is 0 Å². The quantitative estimate of drug-likeness (QED) is 0.784. The molecule has 20 heavy (non-hydrogen) atoms. The molecule has 0 aliphatic carbocycles. The standard InChI is InChI=1S/C14H12BrN3OS/c1-18(7-9-5-12(15)20-8-9)14(19)11-4-2-3-10-6-16-17-13(10)11/h2-6,8H,7H2,1H3,(H,16,17). The van der Waals surface area contributed by atoms with Crippen LogP contribution < -0.4 is 0 Å². The minimum Gasteiger partial charge on any atom is -0.337 e. The highest BCUT2D eigenvalue weighted by atomic mass is 79.9. The molecule has 1 amide bonds. The van der Waals surface area contributed by atoms with Crippen molar-refractivity contribution in [2.45, 2.75) is 6.54 Å². The number of hydrogen-bond acceptors (Lipinski definition) is 3. The van der Waals surface area contributed by atoms with Crippen LogP contribution in [0, 0.1) is 0 Å². The third kappa shape index (κ3) is 2.48. The summed E-state index contributed by atoms with van der Waals surface area (Å²) < 4.78 is 1.07. The van der Waals surface area contributed by atoms with Crippen LogP contribution in [-0.2, 0) is 6.54 Å². The average molecular weight is 350 g/mol. The molecule has 0 bridgehead atoms. The van der Waals surface area contributed by atoms with Gasteiger partial charge < -0.3 is 4.90 Å². The average Bonchev–Trinajstić information content (AvgIpc) is 3.06. The summed E-state index contributed by atoms with van der Waals surface area (Å²) >= 11 is 5.05. The number of nitrogens with one attached hydrogen (secondary N) is 1. The summed E-state index contributed by atoms with van der Waals surface area (Å²) in [6, 6.07) is 7.67. The van der Waals surface area contributed by atoms with E-state index in [1.807, 2.05) is 36.7 Å². The Hall–Kier alpha value is -1.66. The Morgan fingerprint density at radius 2 is 2.35 bits per heavy atom. The number of amides is 1. The summed E-state index contributed by atoms with van der Waals surface area (Å²) in [4.78, 5) is 14.2. The molecule has 3 aromatic rings. The summed E-state index contributed by atoms with van der Waals surface area (Å²) in [5.41, 5.74) is 2.56. The second kappa shape index (κ2) is 5.38. The van der Waals surface area contributed by atoms with Crippen LogP contribution in [0.3, 0.4) is 0 Å². The van der Waals surface area contributed by atoms with Crippen molar-refractivity contribution in [2.75, 3.05) is 7.05 Å². The Morgan fingerprint density at radius 1 is 1.50 bits per heavy atom. The number of carbonyl (C=O) groups is 1. The van der Waals surface area contributed by atoms with Gasteiger partial charge in [0.2, 0.25) is 0 Å². The normalized spacial score (nSPS) is 10.9. The molecule has 0 saturated carbocycles. The Balaban J connectivity index is 1.86. The lowest BCUT2D eigenvalue weighted by molar-refractivity contribution is 0.0787. The third-order valence-corrected chi connectivity index (χ3v) is 4.65. The van der Waals surface area contributed by atoms with Crippen molar-refractivity contribution in [2.24, 2.45) is 0 Å². The predicted molar refractivity (Wildman–Crippen MR) is 83.9 cm³/mol. The summed E-state index contributed by atoms with van der Waals surface area (Å²) in [6.07, 6.45) is 1.72. The van der Waals surface area contributed by atoms with Crippen molar-refractivity contribution in [3.05, 3.63) is 50.8 Å². The number of thiophene rings is 1. The van der Waals surface area contributed by atoms with Crippen molar-refractivity contribution in [1.82, 2.24) is 15.1 Å². The summed E-state index contributed by atoms with van der Waals surface area (Å²) in [5, 5.41) is 9.87. The minimum atomic E-state index is -0.0119. The first-order valence-electron chi connectivity index (χ1n) is 6.05. The lowest BCUT2D eigenvalue weighted by atomic mass is 10.1. The number of aromatic nitrogens is 2. The van der Waals surface area contributed by atoms with Crippen LogP contribution in [-0.4, -0.2) is 28.1 Å². The van der Waals surface area contributed by atoms with E-state index in [1.165, 1.54) is 0 Å². The largest absolute Gasteiger partial charge is 0.337 e. The maximum atomic E-state index is 12.5. The zero-order valence-electron chi connectivity index (χ0n) is 10.8. The van der Waals surface area contributed by atoms with Crippen molar-refractivity contribution in [3.8, 4) is 0 Å². The van der Waals surface area contributed by atoms with Gasteiger partial charge in [0.1, 0.15) is 0 Å². The van der Waals surface area contributed by atoms with Crippen LogP contribution >= 0.6 is 27.3 Å². The Morgan fingerprint density at radius 3 is 3.10 bits per heavy atom. The highest BCUT2D eigenvalue weighted by molar-refractivity contribution is 9.11. The second-order valence-corrected chi connectivity index (χ2v) is 6.85. The van der Waals surface area contributed by atoms with E-state index in [0.717, 1.165) is 20.3 Å². The molecule has 0 radical (unpaired) electrons. The molecular formula is C14H12BrN3OS. The molecular weight excluding hydrogens is 338 g/mol. The molecule has 2 aromatic heterocycles. The molecule has 3 rings (SSSR count). The highest BCUT2D eigenvalue weighted by Gasteiger charge is 2.16. The number of carbonyl (C=O) groups excluding carboxylic acids is 1. The van der Waals surface area contributed by atoms with E-state index >= 15 is 0 Å². The maximum absolute atomic E-state index is 12.5. The second-order valence-electron chi connectivity index (χ2n) is 4.56. The molecule has 0 aliphatic rings. The van der Waals surface area contributed by atoms with Gasteiger partial charge in [-0.3, -0.25) is 9.89 Å². The highest BCUT2D eigenvalue weighted by Crippen LogP contribution is 2.23. The van der Waals surface area contributed by atoms with Gasteiger partial charge in [0.15, 0.2) is 0 Å².